The van der Waals surface area contributed by atoms with Crippen molar-refractivity contribution in [1.82, 2.24) is 0 Å². The molecular weight excluding hydrogens is 304 g/mol. The summed E-state index contributed by atoms with van der Waals surface area (Å²) >= 11 is 0. The third-order valence-electron chi connectivity index (χ3n) is 3.95. The fraction of sp³-hybridized carbons (Fsp3) is 0.650. The lowest BCUT2D eigenvalue weighted by Gasteiger charge is -2.00. The van der Waals surface area contributed by atoms with E-state index in [1.54, 1.807) is 6.08 Å². The van der Waals surface area contributed by atoms with Crippen LogP contribution in [-0.2, 0) is 9.53 Å². The number of aliphatic hydroxyl groups is 1. The Morgan fingerprint density at radius 1 is 1.17 bits per heavy atom. The monoisotopic (exact) mass is 335 g/mol. The Morgan fingerprint density at radius 3 is 2.67 bits per heavy atom. The van der Waals surface area contributed by atoms with E-state index in [0.29, 0.717) is 19.3 Å². The molecule has 1 heterocycles. The molecule has 0 aromatic heterocycles. The van der Waals surface area contributed by atoms with Crippen molar-refractivity contribution in [3.8, 4) is 0 Å². The van der Waals surface area contributed by atoms with Crippen LogP contribution < -0.4 is 5.11 Å². The molecule has 0 aliphatic carbocycles. The number of carboxylic acids is 1. The molecule has 1 rings (SSSR count). The molecule has 1 fully saturated rings. The van der Waals surface area contributed by atoms with Crippen LogP contribution in [0.5, 0.6) is 0 Å². The van der Waals surface area contributed by atoms with Crippen LogP contribution in [-0.4, -0.2) is 29.4 Å². The largest absolute Gasteiger partial charge is 0.550 e. The van der Waals surface area contributed by atoms with Gasteiger partial charge in [-0.25, -0.2) is 0 Å². The molecular formula is C20H31O4-. The average Bonchev–Trinajstić information content (AvgIpc) is 3.30. The summed E-state index contributed by atoms with van der Waals surface area (Å²) in [4.78, 5) is 10.2. The van der Waals surface area contributed by atoms with E-state index in [1.165, 1.54) is 19.3 Å². The van der Waals surface area contributed by atoms with Gasteiger partial charge in [-0.05, 0) is 44.9 Å². The van der Waals surface area contributed by atoms with Crippen LogP contribution in [0.3, 0.4) is 0 Å². The van der Waals surface area contributed by atoms with Crippen molar-refractivity contribution >= 4 is 5.97 Å². The van der Waals surface area contributed by atoms with E-state index in [9.17, 15) is 15.0 Å². The normalized spacial score (nSPS) is 21.9. The van der Waals surface area contributed by atoms with Gasteiger partial charge in [-0.3, -0.25) is 0 Å². The number of carboxylic acid groups (broad SMARTS) is 1. The van der Waals surface area contributed by atoms with Crippen LogP contribution in [0.2, 0.25) is 0 Å². The zero-order valence-corrected chi connectivity index (χ0v) is 14.7. The maximum Gasteiger partial charge on any atom is 0.103 e. The van der Waals surface area contributed by atoms with Gasteiger partial charge in [0, 0.05) is 5.97 Å². The summed E-state index contributed by atoms with van der Waals surface area (Å²) in [7, 11) is 0. The summed E-state index contributed by atoms with van der Waals surface area (Å²) in [5.41, 5.74) is 0. The second-order valence-corrected chi connectivity index (χ2v) is 6.27. The lowest BCUT2D eigenvalue weighted by molar-refractivity contribution is -0.305. The molecule has 0 aromatic carbocycles. The number of aliphatic carboxylic acids is 1. The maximum atomic E-state index is 10.2. The van der Waals surface area contributed by atoms with Gasteiger partial charge in [-0.1, -0.05) is 56.2 Å². The minimum atomic E-state index is -1.01. The zero-order chi connectivity index (χ0) is 17.6. The second kappa shape index (κ2) is 13.0. The topological polar surface area (TPSA) is 72.9 Å². The number of allylic oxidation sites excluding steroid dienone is 2. The lowest BCUT2D eigenvalue weighted by Crippen LogP contribution is -2.21. The van der Waals surface area contributed by atoms with Gasteiger partial charge in [-0.15, -0.1) is 0 Å². The highest BCUT2D eigenvalue weighted by molar-refractivity contribution is 5.64. The van der Waals surface area contributed by atoms with E-state index in [2.05, 4.69) is 19.1 Å². The number of carbonyl (C=O) groups is 1. The first-order chi connectivity index (χ1) is 11.6. The van der Waals surface area contributed by atoms with E-state index in [1.807, 2.05) is 18.2 Å². The standard InChI is InChI=1S/C20H32O4/c1-2-3-4-5-6-10-13-18-19(24-18)16-15-17(21)12-9-7-8-11-14-20(22)23/h6-7,9-10,15-19,21H,2-5,8,11-14H2,1H3,(H,22,23)/p-1/b9-7-,10-6-,16-15+/t17?,18-,19+/m0/s1. The number of carbonyl (C=O) groups excluding carboxylic acids is 1. The highest BCUT2D eigenvalue weighted by Crippen LogP contribution is 2.27. The molecule has 1 saturated heterocycles. The quantitative estimate of drug-likeness (QED) is 0.301. The Bertz CT molecular complexity index is 425. The summed E-state index contributed by atoms with van der Waals surface area (Å²) in [6.07, 6.45) is 19.6. The number of ether oxygens (including phenoxy) is 1. The Balaban J connectivity index is 2.04. The van der Waals surface area contributed by atoms with Gasteiger partial charge in [0.05, 0.1) is 12.2 Å². The van der Waals surface area contributed by atoms with Crippen molar-refractivity contribution in [3.05, 3.63) is 36.5 Å². The van der Waals surface area contributed by atoms with Gasteiger partial charge in [0.25, 0.3) is 0 Å². The van der Waals surface area contributed by atoms with Crippen LogP contribution in [0.25, 0.3) is 0 Å². The van der Waals surface area contributed by atoms with Crippen LogP contribution in [0.15, 0.2) is 36.5 Å². The van der Waals surface area contributed by atoms with Crippen molar-refractivity contribution in [1.29, 1.82) is 0 Å². The number of hydrogen-bond donors (Lipinski definition) is 1. The molecule has 136 valence electrons. The number of unbranched alkanes of at least 4 members (excludes halogenated alkanes) is 4. The van der Waals surface area contributed by atoms with Gasteiger partial charge >= 0.3 is 0 Å². The van der Waals surface area contributed by atoms with Crippen LogP contribution in [0.1, 0.15) is 64.7 Å². The van der Waals surface area contributed by atoms with Gasteiger partial charge in [0.2, 0.25) is 0 Å². The lowest BCUT2D eigenvalue weighted by atomic mass is 10.1. The van der Waals surface area contributed by atoms with E-state index >= 15 is 0 Å². The maximum absolute atomic E-state index is 10.2. The van der Waals surface area contributed by atoms with Gasteiger partial charge in [-0.2, -0.15) is 0 Å². The molecule has 0 bridgehead atoms. The van der Waals surface area contributed by atoms with E-state index in [0.717, 1.165) is 12.8 Å². The first kappa shape index (κ1) is 20.7. The SMILES string of the molecule is CCCCC/C=C\C[C@@H]1O[C@@H]1/C=C/C(O)C/C=C\CCCC(=O)[O-]. The molecule has 4 nitrogen and oxygen atoms in total. The van der Waals surface area contributed by atoms with Crippen LogP contribution in [0, 0.1) is 0 Å². The summed E-state index contributed by atoms with van der Waals surface area (Å²) in [5, 5.41) is 20.1. The predicted molar refractivity (Wildman–Crippen MR) is 94.3 cm³/mol. The molecule has 4 heteroatoms. The minimum absolute atomic E-state index is 0.0836. The zero-order valence-electron chi connectivity index (χ0n) is 14.7. The number of rotatable bonds is 14. The summed E-state index contributed by atoms with van der Waals surface area (Å²) in [5.74, 6) is -1.01. The molecule has 1 N–H and O–H groups in total. The van der Waals surface area contributed by atoms with Crippen molar-refractivity contribution in [2.45, 2.75) is 83.0 Å². The second-order valence-electron chi connectivity index (χ2n) is 6.27. The number of aliphatic hydroxyl groups excluding tert-OH is 1. The Morgan fingerprint density at radius 2 is 1.92 bits per heavy atom. The van der Waals surface area contributed by atoms with E-state index < -0.39 is 12.1 Å². The molecule has 24 heavy (non-hydrogen) atoms. The first-order valence-corrected chi connectivity index (χ1v) is 9.15. The van der Waals surface area contributed by atoms with Gasteiger partial charge in [0.1, 0.15) is 6.10 Å². The molecule has 1 unspecified atom stereocenters. The van der Waals surface area contributed by atoms with Crippen LogP contribution >= 0.6 is 0 Å². The van der Waals surface area contributed by atoms with Crippen molar-refractivity contribution < 1.29 is 19.7 Å². The Labute approximate surface area is 145 Å². The third-order valence-corrected chi connectivity index (χ3v) is 3.95. The molecule has 0 amide bonds. The molecule has 0 radical (unpaired) electrons. The molecule has 0 aromatic rings. The van der Waals surface area contributed by atoms with E-state index in [-0.39, 0.29) is 18.6 Å². The fourth-order valence-corrected chi connectivity index (χ4v) is 2.41. The highest BCUT2D eigenvalue weighted by atomic mass is 16.6. The number of hydrogen-bond acceptors (Lipinski definition) is 4. The summed E-state index contributed by atoms with van der Waals surface area (Å²) in [6.45, 7) is 2.21. The van der Waals surface area contributed by atoms with Crippen LogP contribution in [0.4, 0.5) is 0 Å². The molecule has 0 spiro atoms. The first-order valence-electron chi connectivity index (χ1n) is 9.15. The van der Waals surface area contributed by atoms with E-state index in [4.69, 9.17) is 4.74 Å². The fourth-order valence-electron chi connectivity index (χ4n) is 2.41. The molecule has 0 saturated carbocycles. The Kier molecular flexibility index (Phi) is 11.2. The molecule has 1 aliphatic rings. The number of epoxide rings is 1. The predicted octanol–water partition coefficient (Wildman–Crippen LogP) is 3.06. The molecule has 3 atom stereocenters. The van der Waals surface area contributed by atoms with Crippen molar-refractivity contribution in [2.24, 2.45) is 0 Å². The van der Waals surface area contributed by atoms with Crippen molar-refractivity contribution in [3.63, 3.8) is 0 Å². The smallest absolute Gasteiger partial charge is 0.103 e. The van der Waals surface area contributed by atoms with Gasteiger partial charge in [0.15, 0.2) is 0 Å². The molecule has 1 aliphatic heterocycles. The average molecular weight is 335 g/mol. The highest BCUT2D eigenvalue weighted by Gasteiger charge is 2.34. The van der Waals surface area contributed by atoms with Gasteiger partial charge < -0.3 is 19.7 Å². The Hall–Kier alpha value is -1.39. The minimum Gasteiger partial charge on any atom is -0.550 e. The van der Waals surface area contributed by atoms with Crippen molar-refractivity contribution in [2.75, 3.05) is 0 Å². The summed E-state index contributed by atoms with van der Waals surface area (Å²) < 4.78 is 5.55. The third kappa shape index (κ3) is 11.2. The summed E-state index contributed by atoms with van der Waals surface area (Å²) in [6, 6.07) is 0.